The van der Waals surface area contributed by atoms with Crippen LogP contribution in [0.15, 0.2) is 53.4 Å². The van der Waals surface area contributed by atoms with Crippen molar-refractivity contribution in [1.29, 1.82) is 5.41 Å². The molecule has 1 fully saturated rings. The highest BCUT2D eigenvalue weighted by molar-refractivity contribution is 7.87. The Morgan fingerprint density at radius 2 is 1.72 bits per heavy atom. The number of carboxylic acids is 1. The minimum absolute atomic E-state index is 0.108. The van der Waals surface area contributed by atoms with E-state index in [2.05, 4.69) is 0 Å². The molecule has 0 aromatic heterocycles. The quantitative estimate of drug-likeness (QED) is 0.337. The second-order valence-electron chi connectivity index (χ2n) is 7.48. The van der Waals surface area contributed by atoms with E-state index < -0.39 is 16.1 Å². The number of guanidine groups is 1. The number of aryl methyl sites for hydroxylation is 1. The second-order valence-corrected chi connectivity index (χ2v) is 9.02. The molecule has 1 aliphatic rings. The lowest BCUT2D eigenvalue weighted by molar-refractivity contribution is -0.134. The Hall–Kier alpha value is -3.27. The van der Waals surface area contributed by atoms with Crippen LogP contribution in [0.2, 0.25) is 0 Å². The second kappa shape index (κ2) is 11.4. The predicted octanol–water partition coefficient (Wildman–Crippen LogP) is 2.84. The third kappa shape index (κ3) is 8.10. The molecule has 2 aromatic carbocycles. The van der Waals surface area contributed by atoms with Crippen LogP contribution in [0.4, 0.5) is 0 Å². The Labute approximate surface area is 188 Å². The molecule has 1 aliphatic heterocycles. The number of rotatable bonds is 6. The van der Waals surface area contributed by atoms with Crippen LogP contribution in [0.25, 0.3) is 0 Å². The van der Waals surface area contributed by atoms with E-state index in [0.717, 1.165) is 38.4 Å². The van der Waals surface area contributed by atoms with Crippen LogP contribution in [0.1, 0.15) is 25.3 Å². The normalized spacial score (nSPS) is 14.1. The molecule has 0 amide bonds. The van der Waals surface area contributed by atoms with Gasteiger partial charge >= 0.3 is 10.1 Å². The molecular formula is C22H29N3O6S. The van der Waals surface area contributed by atoms with E-state index >= 15 is 0 Å². The van der Waals surface area contributed by atoms with E-state index in [9.17, 15) is 8.42 Å². The minimum Gasteiger partial charge on any atom is -0.493 e. The van der Waals surface area contributed by atoms with Crippen molar-refractivity contribution in [3.63, 3.8) is 0 Å². The summed E-state index contributed by atoms with van der Waals surface area (Å²) >= 11 is 0. The van der Waals surface area contributed by atoms with E-state index in [-0.39, 0.29) is 16.6 Å². The van der Waals surface area contributed by atoms with E-state index in [1.165, 1.54) is 12.1 Å². The number of benzene rings is 2. The number of nitrogens with two attached hydrogens (primary N) is 1. The number of carboxylic acid groups (broad SMARTS) is 1. The largest absolute Gasteiger partial charge is 0.493 e. The summed E-state index contributed by atoms with van der Waals surface area (Å²) in [7, 11) is -3.89. The molecule has 174 valence electrons. The fourth-order valence-electron chi connectivity index (χ4n) is 3.16. The molecule has 1 saturated heterocycles. The fourth-order valence-corrected chi connectivity index (χ4v) is 4.10. The van der Waals surface area contributed by atoms with Crippen LogP contribution < -0.4 is 14.7 Å². The average molecular weight is 464 g/mol. The van der Waals surface area contributed by atoms with Gasteiger partial charge < -0.3 is 24.7 Å². The number of ether oxygens (including phenoxy) is 1. The Bertz CT molecular complexity index is 1020. The summed E-state index contributed by atoms with van der Waals surface area (Å²) in [5, 5.41) is 14.9. The van der Waals surface area contributed by atoms with Gasteiger partial charge in [0.25, 0.3) is 5.97 Å². The molecule has 0 radical (unpaired) electrons. The van der Waals surface area contributed by atoms with Gasteiger partial charge in [-0.05, 0) is 55.5 Å². The van der Waals surface area contributed by atoms with Crippen LogP contribution in [-0.2, 0) is 14.9 Å². The SMILES string of the molecule is CC(=O)O.Cc1cc(OCC2CCN(C(=N)N)CC2)cc(OS(=O)(=O)c2ccccc2)c1. The first-order valence-corrected chi connectivity index (χ1v) is 11.5. The summed E-state index contributed by atoms with van der Waals surface area (Å²) < 4.78 is 36.0. The zero-order valence-electron chi connectivity index (χ0n) is 18.2. The highest BCUT2D eigenvalue weighted by Crippen LogP contribution is 2.27. The fraction of sp³-hybridized carbons (Fsp3) is 0.364. The molecule has 32 heavy (non-hydrogen) atoms. The Kier molecular flexibility index (Phi) is 8.89. The standard InChI is InChI=1S/C20H25N3O4S.C2H4O2/c1-15-11-17(26-14-16-7-9-23(10-8-16)20(21)22)13-18(12-15)27-28(24,25)19-5-3-2-4-6-19;1-2(3)4/h2-6,11-13,16H,7-10,14H2,1H3,(H3,21,22);1H3,(H,3,4). The van der Waals surface area contributed by atoms with Crippen LogP contribution in [0.5, 0.6) is 11.5 Å². The summed E-state index contributed by atoms with van der Waals surface area (Å²) in [6, 6.07) is 13.2. The third-order valence-corrected chi connectivity index (χ3v) is 5.96. The van der Waals surface area contributed by atoms with Gasteiger partial charge in [-0.2, -0.15) is 8.42 Å². The van der Waals surface area contributed by atoms with Crippen LogP contribution in [0, 0.1) is 18.3 Å². The maximum atomic E-state index is 12.4. The first-order chi connectivity index (χ1) is 15.1. The molecular weight excluding hydrogens is 434 g/mol. The lowest BCUT2D eigenvalue weighted by Gasteiger charge is -2.32. The lowest BCUT2D eigenvalue weighted by Crippen LogP contribution is -2.43. The molecule has 9 nitrogen and oxygen atoms in total. The van der Waals surface area contributed by atoms with Crippen molar-refractivity contribution in [1.82, 2.24) is 4.90 Å². The van der Waals surface area contributed by atoms with E-state index in [0.29, 0.717) is 18.3 Å². The van der Waals surface area contributed by atoms with Gasteiger partial charge in [0.05, 0.1) is 6.61 Å². The number of hydrogen-bond acceptors (Lipinski definition) is 6. The Balaban J connectivity index is 0.000000837. The Morgan fingerprint density at radius 1 is 1.16 bits per heavy atom. The maximum absolute atomic E-state index is 12.4. The molecule has 0 unspecified atom stereocenters. The van der Waals surface area contributed by atoms with Gasteiger partial charge in [0.1, 0.15) is 16.4 Å². The number of carbonyl (C=O) groups is 1. The van der Waals surface area contributed by atoms with Crippen LogP contribution in [-0.4, -0.2) is 50.0 Å². The van der Waals surface area contributed by atoms with Gasteiger partial charge in [0.15, 0.2) is 5.96 Å². The Morgan fingerprint density at radius 3 is 2.28 bits per heavy atom. The van der Waals surface area contributed by atoms with Gasteiger partial charge in [0, 0.05) is 26.1 Å². The molecule has 3 rings (SSSR count). The van der Waals surface area contributed by atoms with Gasteiger partial charge in [-0.15, -0.1) is 0 Å². The molecule has 10 heteroatoms. The lowest BCUT2D eigenvalue weighted by atomic mass is 9.98. The van der Waals surface area contributed by atoms with Crippen molar-refractivity contribution in [3.05, 3.63) is 54.1 Å². The number of hydrogen-bond donors (Lipinski definition) is 3. The van der Waals surface area contributed by atoms with Crippen molar-refractivity contribution in [2.75, 3.05) is 19.7 Å². The summed E-state index contributed by atoms with van der Waals surface area (Å²) in [4.78, 5) is 11.0. The molecule has 0 spiro atoms. The molecule has 1 heterocycles. The summed E-state index contributed by atoms with van der Waals surface area (Å²) in [6.07, 6.45) is 1.80. The topological polar surface area (TPSA) is 143 Å². The van der Waals surface area contributed by atoms with Gasteiger partial charge in [-0.25, -0.2) is 0 Å². The highest BCUT2D eigenvalue weighted by Gasteiger charge is 2.21. The molecule has 2 aromatic rings. The summed E-state index contributed by atoms with van der Waals surface area (Å²) in [6.45, 7) is 4.97. The number of likely N-dealkylation sites (tertiary alicyclic amines) is 1. The molecule has 0 saturated carbocycles. The summed E-state index contributed by atoms with van der Waals surface area (Å²) in [5.74, 6) is 0.450. The smallest absolute Gasteiger partial charge is 0.339 e. The van der Waals surface area contributed by atoms with Crippen molar-refractivity contribution >= 4 is 22.0 Å². The van der Waals surface area contributed by atoms with E-state index in [1.54, 1.807) is 30.3 Å². The molecule has 0 aliphatic carbocycles. The summed E-state index contributed by atoms with van der Waals surface area (Å²) in [5.41, 5.74) is 6.37. The van der Waals surface area contributed by atoms with Gasteiger partial charge in [-0.1, -0.05) is 18.2 Å². The van der Waals surface area contributed by atoms with E-state index in [4.69, 9.17) is 30.0 Å². The number of aliphatic carboxylic acids is 1. The number of nitrogens with one attached hydrogen (secondary N) is 1. The number of piperidine rings is 1. The average Bonchev–Trinajstić information content (AvgIpc) is 2.72. The zero-order chi connectivity index (χ0) is 23.7. The van der Waals surface area contributed by atoms with Gasteiger partial charge in [0.2, 0.25) is 0 Å². The first-order valence-electron chi connectivity index (χ1n) is 10.1. The monoisotopic (exact) mass is 463 g/mol. The third-order valence-electron chi connectivity index (χ3n) is 4.70. The molecule has 0 atom stereocenters. The number of nitrogens with zero attached hydrogens (tertiary/aromatic N) is 1. The maximum Gasteiger partial charge on any atom is 0.339 e. The van der Waals surface area contributed by atoms with Crippen molar-refractivity contribution in [3.8, 4) is 11.5 Å². The minimum atomic E-state index is -3.89. The highest BCUT2D eigenvalue weighted by atomic mass is 32.2. The molecule has 0 bridgehead atoms. The predicted molar refractivity (Wildman–Crippen MR) is 120 cm³/mol. The first kappa shape index (κ1) is 25.0. The zero-order valence-corrected chi connectivity index (χ0v) is 19.0. The van der Waals surface area contributed by atoms with Crippen molar-refractivity contribution in [2.24, 2.45) is 11.7 Å². The van der Waals surface area contributed by atoms with Crippen LogP contribution in [0.3, 0.4) is 0 Å². The van der Waals surface area contributed by atoms with Crippen LogP contribution >= 0.6 is 0 Å². The van der Waals surface area contributed by atoms with E-state index in [1.807, 2.05) is 17.9 Å². The van der Waals surface area contributed by atoms with Gasteiger partial charge in [-0.3, -0.25) is 10.2 Å². The van der Waals surface area contributed by atoms with Crippen molar-refractivity contribution in [2.45, 2.75) is 31.6 Å². The molecule has 4 N–H and O–H groups in total. The van der Waals surface area contributed by atoms with Crippen molar-refractivity contribution < 1.29 is 27.2 Å².